The molecule has 1 rings (SSSR count). The summed E-state index contributed by atoms with van der Waals surface area (Å²) in [7, 11) is 0. The van der Waals surface area contributed by atoms with Crippen LogP contribution in [0, 0.1) is 0 Å². The highest BCUT2D eigenvalue weighted by Gasteiger charge is 2.30. The van der Waals surface area contributed by atoms with Crippen LogP contribution in [0.1, 0.15) is 38.5 Å². The van der Waals surface area contributed by atoms with Crippen LogP contribution in [0.3, 0.4) is 0 Å². The Morgan fingerprint density at radius 1 is 1.08 bits per heavy atom. The van der Waals surface area contributed by atoms with Crippen molar-refractivity contribution >= 4 is 0 Å². The van der Waals surface area contributed by atoms with Gasteiger partial charge in [0, 0.05) is 0 Å². The van der Waals surface area contributed by atoms with Gasteiger partial charge >= 0.3 is 0 Å². The summed E-state index contributed by atoms with van der Waals surface area (Å²) < 4.78 is 5.87. The van der Waals surface area contributed by atoms with Gasteiger partial charge in [-0.15, -0.1) is 13.2 Å². The molecule has 0 spiro atoms. The van der Waals surface area contributed by atoms with Crippen molar-refractivity contribution in [2.75, 3.05) is 6.61 Å². The Kier molecular flexibility index (Phi) is 4.23. The number of ether oxygens (including phenoxy) is 1. The molecular weight excluding hydrogens is 160 g/mol. The standard InChI is InChI=1S/C12H20O/c1-3-8-12(13-11-4-2)9-6-5-7-10-12/h3-4H,1-2,5-11H2. The van der Waals surface area contributed by atoms with Gasteiger partial charge < -0.3 is 4.74 Å². The van der Waals surface area contributed by atoms with Crippen LogP contribution in [0.5, 0.6) is 0 Å². The van der Waals surface area contributed by atoms with E-state index >= 15 is 0 Å². The van der Waals surface area contributed by atoms with Gasteiger partial charge in [0.05, 0.1) is 12.2 Å². The van der Waals surface area contributed by atoms with Crippen molar-refractivity contribution in [3.8, 4) is 0 Å². The highest BCUT2D eigenvalue weighted by Crippen LogP contribution is 2.34. The van der Waals surface area contributed by atoms with Crippen molar-refractivity contribution in [3.05, 3.63) is 25.3 Å². The Morgan fingerprint density at radius 2 is 1.77 bits per heavy atom. The van der Waals surface area contributed by atoms with Crippen LogP contribution in [0.4, 0.5) is 0 Å². The summed E-state index contributed by atoms with van der Waals surface area (Å²) in [5.41, 5.74) is 0.0915. The van der Waals surface area contributed by atoms with Crippen LogP contribution in [-0.2, 0) is 4.74 Å². The summed E-state index contributed by atoms with van der Waals surface area (Å²) in [6, 6.07) is 0. The Bertz CT molecular complexity index is 166. The minimum atomic E-state index is 0.0915. The molecule has 1 aliphatic carbocycles. The fourth-order valence-electron chi connectivity index (χ4n) is 2.10. The molecule has 0 aliphatic heterocycles. The zero-order chi connectivity index (χ0) is 9.57. The molecule has 1 saturated carbocycles. The average molecular weight is 180 g/mol. The Balaban J connectivity index is 2.49. The van der Waals surface area contributed by atoms with E-state index in [0.717, 1.165) is 6.42 Å². The molecule has 0 heterocycles. The molecule has 0 aromatic heterocycles. The largest absolute Gasteiger partial charge is 0.371 e. The second-order valence-electron chi connectivity index (χ2n) is 3.84. The van der Waals surface area contributed by atoms with E-state index in [1.807, 2.05) is 12.2 Å². The first-order valence-electron chi connectivity index (χ1n) is 5.19. The van der Waals surface area contributed by atoms with Crippen LogP contribution >= 0.6 is 0 Å². The third kappa shape index (κ3) is 3.00. The molecule has 1 nitrogen and oxygen atoms in total. The van der Waals surface area contributed by atoms with E-state index in [1.54, 1.807) is 0 Å². The molecule has 74 valence electrons. The van der Waals surface area contributed by atoms with Crippen molar-refractivity contribution in [2.24, 2.45) is 0 Å². The first-order valence-corrected chi connectivity index (χ1v) is 5.19. The lowest BCUT2D eigenvalue weighted by Gasteiger charge is -2.36. The normalized spacial score (nSPS) is 20.9. The minimum Gasteiger partial charge on any atom is -0.371 e. The van der Waals surface area contributed by atoms with Gasteiger partial charge in [0.15, 0.2) is 0 Å². The zero-order valence-corrected chi connectivity index (χ0v) is 8.43. The number of hydrogen-bond acceptors (Lipinski definition) is 1. The lowest BCUT2D eigenvalue weighted by Crippen LogP contribution is -2.34. The van der Waals surface area contributed by atoms with E-state index in [9.17, 15) is 0 Å². The second-order valence-corrected chi connectivity index (χ2v) is 3.84. The highest BCUT2D eigenvalue weighted by molar-refractivity contribution is 4.91. The molecule has 0 amide bonds. The Labute approximate surface area is 81.5 Å². The van der Waals surface area contributed by atoms with Gasteiger partial charge in [-0.05, 0) is 19.3 Å². The summed E-state index contributed by atoms with van der Waals surface area (Å²) in [5, 5.41) is 0. The molecule has 1 heteroatoms. The second kappa shape index (κ2) is 5.23. The predicted molar refractivity (Wildman–Crippen MR) is 56.8 cm³/mol. The van der Waals surface area contributed by atoms with Crippen LogP contribution in [-0.4, -0.2) is 12.2 Å². The van der Waals surface area contributed by atoms with Crippen LogP contribution < -0.4 is 0 Å². The predicted octanol–water partition coefficient (Wildman–Crippen LogP) is 3.47. The van der Waals surface area contributed by atoms with Gasteiger partial charge in [-0.1, -0.05) is 31.4 Å². The first kappa shape index (κ1) is 10.5. The maximum atomic E-state index is 5.87. The Hall–Kier alpha value is -0.560. The molecule has 0 saturated heterocycles. The quantitative estimate of drug-likeness (QED) is 0.589. The summed E-state index contributed by atoms with van der Waals surface area (Å²) in [5.74, 6) is 0. The topological polar surface area (TPSA) is 9.23 Å². The minimum absolute atomic E-state index is 0.0915. The average Bonchev–Trinajstić information content (AvgIpc) is 2.17. The van der Waals surface area contributed by atoms with Crippen LogP contribution in [0.15, 0.2) is 25.3 Å². The summed E-state index contributed by atoms with van der Waals surface area (Å²) in [4.78, 5) is 0. The van der Waals surface area contributed by atoms with Crippen molar-refractivity contribution < 1.29 is 4.74 Å². The fraction of sp³-hybridized carbons (Fsp3) is 0.667. The maximum absolute atomic E-state index is 5.87. The van der Waals surface area contributed by atoms with E-state index in [2.05, 4.69) is 13.2 Å². The van der Waals surface area contributed by atoms with Gasteiger partial charge in [-0.2, -0.15) is 0 Å². The van der Waals surface area contributed by atoms with E-state index in [-0.39, 0.29) is 5.60 Å². The van der Waals surface area contributed by atoms with Crippen molar-refractivity contribution in [2.45, 2.75) is 44.1 Å². The van der Waals surface area contributed by atoms with Gasteiger partial charge in [0.1, 0.15) is 0 Å². The van der Waals surface area contributed by atoms with Crippen molar-refractivity contribution in [1.29, 1.82) is 0 Å². The molecule has 0 unspecified atom stereocenters. The number of hydrogen-bond donors (Lipinski definition) is 0. The van der Waals surface area contributed by atoms with Gasteiger partial charge in [-0.3, -0.25) is 0 Å². The molecule has 1 aliphatic rings. The summed E-state index contributed by atoms with van der Waals surface area (Å²) in [6.45, 7) is 8.16. The first-order chi connectivity index (χ1) is 6.33. The lowest BCUT2D eigenvalue weighted by molar-refractivity contribution is -0.0549. The Morgan fingerprint density at radius 3 is 2.31 bits per heavy atom. The highest BCUT2D eigenvalue weighted by atomic mass is 16.5. The van der Waals surface area contributed by atoms with Crippen molar-refractivity contribution in [3.63, 3.8) is 0 Å². The van der Waals surface area contributed by atoms with E-state index in [1.165, 1.54) is 32.1 Å². The molecule has 0 bridgehead atoms. The fourth-order valence-corrected chi connectivity index (χ4v) is 2.10. The van der Waals surface area contributed by atoms with Gasteiger partial charge in [-0.25, -0.2) is 0 Å². The molecule has 0 aromatic rings. The molecular formula is C12H20O. The third-order valence-electron chi connectivity index (χ3n) is 2.79. The monoisotopic (exact) mass is 180 g/mol. The summed E-state index contributed by atoms with van der Waals surface area (Å²) >= 11 is 0. The molecule has 0 radical (unpaired) electrons. The third-order valence-corrected chi connectivity index (χ3v) is 2.79. The van der Waals surface area contributed by atoms with E-state index < -0.39 is 0 Å². The van der Waals surface area contributed by atoms with Crippen LogP contribution in [0.25, 0.3) is 0 Å². The maximum Gasteiger partial charge on any atom is 0.0721 e. The van der Waals surface area contributed by atoms with Crippen LogP contribution in [0.2, 0.25) is 0 Å². The van der Waals surface area contributed by atoms with Gasteiger partial charge in [0.2, 0.25) is 0 Å². The SMILES string of the molecule is C=CCOC1(CC=C)CCCCC1. The molecule has 0 atom stereocenters. The zero-order valence-electron chi connectivity index (χ0n) is 8.43. The van der Waals surface area contributed by atoms with E-state index in [4.69, 9.17) is 4.74 Å². The van der Waals surface area contributed by atoms with E-state index in [0.29, 0.717) is 6.61 Å². The lowest BCUT2D eigenvalue weighted by atomic mass is 9.82. The van der Waals surface area contributed by atoms with Gasteiger partial charge in [0.25, 0.3) is 0 Å². The smallest absolute Gasteiger partial charge is 0.0721 e. The van der Waals surface area contributed by atoms with Crippen molar-refractivity contribution in [1.82, 2.24) is 0 Å². The number of rotatable bonds is 5. The molecule has 0 N–H and O–H groups in total. The molecule has 13 heavy (non-hydrogen) atoms. The molecule has 0 aromatic carbocycles. The summed E-state index contributed by atoms with van der Waals surface area (Å²) in [6.07, 6.45) is 11.1. The molecule has 1 fully saturated rings.